The van der Waals surface area contributed by atoms with Gasteiger partial charge in [-0.3, -0.25) is 4.79 Å². The molecule has 0 unspecified atom stereocenters. The molecule has 0 atom stereocenters. The van der Waals surface area contributed by atoms with Gasteiger partial charge in [-0.15, -0.1) is 0 Å². The van der Waals surface area contributed by atoms with Crippen LogP contribution in [0.2, 0.25) is 5.02 Å². The molecule has 0 fully saturated rings. The summed E-state index contributed by atoms with van der Waals surface area (Å²) in [4.78, 5) is 12.6. The zero-order valence-electron chi connectivity index (χ0n) is 21.6. The van der Waals surface area contributed by atoms with E-state index in [4.69, 9.17) is 25.8 Å². The minimum absolute atomic E-state index is 0.0222. The van der Waals surface area contributed by atoms with E-state index in [2.05, 4.69) is 26.0 Å². The van der Waals surface area contributed by atoms with Crippen molar-refractivity contribution in [3.63, 3.8) is 0 Å². The van der Waals surface area contributed by atoms with Crippen molar-refractivity contribution in [2.24, 2.45) is 0 Å². The lowest BCUT2D eigenvalue weighted by Crippen LogP contribution is -2.24. The SMILES string of the molecule is COc1ccc(CNS(=O)(=O)c2cc(NC(=O)Cc3ccccc3Cl)ccc2Oc2ccc(Br)cc2)c(OC)c1. The normalized spacial score (nSPS) is 11.1. The summed E-state index contributed by atoms with van der Waals surface area (Å²) >= 11 is 9.56. The van der Waals surface area contributed by atoms with Gasteiger partial charge in [0.05, 0.1) is 20.6 Å². The van der Waals surface area contributed by atoms with Gasteiger partial charge in [0.15, 0.2) is 0 Å². The Balaban J connectivity index is 1.62. The smallest absolute Gasteiger partial charge is 0.244 e. The van der Waals surface area contributed by atoms with Crippen LogP contribution in [0.3, 0.4) is 0 Å². The molecule has 4 aromatic rings. The Labute approximate surface area is 246 Å². The molecule has 0 saturated carbocycles. The summed E-state index contributed by atoms with van der Waals surface area (Å²) in [5.41, 5.74) is 1.54. The van der Waals surface area contributed by atoms with Crippen molar-refractivity contribution in [3.8, 4) is 23.0 Å². The standard InChI is InChI=1S/C29H26BrClN2O6S/c1-37-24-11-7-20(27(17-24)38-2)18-32-40(35,36)28-16-22(33-29(34)15-19-5-3-4-6-25(19)31)10-14-26(28)39-23-12-8-21(30)9-13-23/h3-14,16-17,32H,15,18H2,1-2H3,(H,33,34). The van der Waals surface area contributed by atoms with Crippen LogP contribution < -0.4 is 24.2 Å². The van der Waals surface area contributed by atoms with Crippen LogP contribution in [-0.4, -0.2) is 28.5 Å². The van der Waals surface area contributed by atoms with Gasteiger partial charge in [0.2, 0.25) is 15.9 Å². The maximum atomic E-state index is 13.6. The van der Waals surface area contributed by atoms with Crippen molar-refractivity contribution in [2.75, 3.05) is 19.5 Å². The number of methoxy groups -OCH3 is 2. The number of sulfonamides is 1. The molecule has 2 N–H and O–H groups in total. The van der Waals surface area contributed by atoms with E-state index in [-0.39, 0.29) is 35.2 Å². The zero-order valence-corrected chi connectivity index (χ0v) is 24.8. The molecule has 0 saturated heterocycles. The summed E-state index contributed by atoms with van der Waals surface area (Å²) in [6.07, 6.45) is 0.0222. The second kappa shape index (κ2) is 13.2. The first-order chi connectivity index (χ1) is 19.2. The molecular weight excluding hydrogens is 620 g/mol. The lowest BCUT2D eigenvalue weighted by atomic mass is 10.1. The van der Waals surface area contributed by atoms with E-state index in [1.165, 1.54) is 26.4 Å². The van der Waals surface area contributed by atoms with E-state index < -0.39 is 10.0 Å². The van der Waals surface area contributed by atoms with Crippen molar-refractivity contribution in [1.29, 1.82) is 0 Å². The average molecular weight is 646 g/mol. The molecule has 0 spiro atoms. The molecule has 11 heteroatoms. The van der Waals surface area contributed by atoms with Crippen molar-refractivity contribution in [1.82, 2.24) is 4.72 Å². The third-order valence-electron chi connectivity index (χ3n) is 5.81. The molecule has 40 heavy (non-hydrogen) atoms. The Kier molecular flexibility index (Phi) is 9.70. The molecule has 0 aliphatic rings. The molecule has 4 rings (SSSR count). The van der Waals surface area contributed by atoms with Crippen LogP contribution >= 0.6 is 27.5 Å². The third kappa shape index (κ3) is 7.54. The van der Waals surface area contributed by atoms with Crippen LogP contribution in [0.25, 0.3) is 0 Å². The first-order valence-electron chi connectivity index (χ1n) is 12.0. The Hall–Kier alpha value is -3.57. The number of carbonyl (C=O) groups is 1. The monoisotopic (exact) mass is 644 g/mol. The van der Waals surface area contributed by atoms with Crippen molar-refractivity contribution in [3.05, 3.63) is 106 Å². The second-order valence-corrected chi connectivity index (χ2v) is 11.6. The highest BCUT2D eigenvalue weighted by Gasteiger charge is 2.22. The number of nitrogens with one attached hydrogen (secondary N) is 2. The predicted molar refractivity (Wildman–Crippen MR) is 158 cm³/mol. The van der Waals surface area contributed by atoms with Gasteiger partial charge in [-0.2, -0.15) is 0 Å². The topological polar surface area (TPSA) is 103 Å². The number of halogens is 2. The Morgan fingerprint density at radius 1 is 0.850 bits per heavy atom. The van der Waals surface area contributed by atoms with Gasteiger partial charge in [-0.05, 0) is 60.2 Å². The van der Waals surface area contributed by atoms with Gasteiger partial charge in [0, 0.05) is 33.4 Å². The maximum Gasteiger partial charge on any atom is 0.244 e. The van der Waals surface area contributed by atoms with Crippen LogP contribution in [0.4, 0.5) is 5.69 Å². The Morgan fingerprint density at radius 3 is 2.27 bits per heavy atom. The van der Waals surface area contributed by atoms with Gasteiger partial charge < -0.3 is 19.5 Å². The van der Waals surface area contributed by atoms with Gasteiger partial charge >= 0.3 is 0 Å². The average Bonchev–Trinajstić information content (AvgIpc) is 2.95. The van der Waals surface area contributed by atoms with E-state index in [1.807, 2.05) is 0 Å². The van der Waals surface area contributed by atoms with Crippen molar-refractivity contribution < 1.29 is 27.4 Å². The molecule has 8 nitrogen and oxygen atoms in total. The fraction of sp³-hybridized carbons (Fsp3) is 0.138. The van der Waals surface area contributed by atoms with E-state index in [1.54, 1.807) is 72.8 Å². The summed E-state index contributed by atoms with van der Waals surface area (Å²) in [5.74, 6) is 1.21. The molecule has 208 valence electrons. The second-order valence-electron chi connectivity index (χ2n) is 8.54. The molecule has 0 aliphatic heterocycles. The quantitative estimate of drug-likeness (QED) is 0.191. The van der Waals surface area contributed by atoms with Crippen LogP contribution in [-0.2, 0) is 27.8 Å². The number of carbonyl (C=O) groups excluding carboxylic acids is 1. The minimum Gasteiger partial charge on any atom is -0.497 e. The van der Waals surface area contributed by atoms with Crippen LogP contribution in [0.1, 0.15) is 11.1 Å². The molecule has 4 aromatic carbocycles. The van der Waals surface area contributed by atoms with E-state index >= 15 is 0 Å². The molecule has 0 aliphatic carbocycles. The number of ether oxygens (including phenoxy) is 3. The summed E-state index contributed by atoms with van der Waals surface area (Å²) < 4.78 is 47.1. The first-order valence-corrected chi connectivity index (χ1v) is 14.6. The summed E-state index contributed by atoms with van der Waals surface area (Å²) in [6, 6.07) is 23.5. The summed E-state index contributed by atoms with van der Waals surface area (Å²) in [5, 5.41) is 3.22. The van der Waals surface area contributed by atoms with Gasteiger partial charge in [-0.1, -0.05) is 51.8 Å². The Morgan fingerprint density at radius 2 is 1.57 bits per heavy atom. The highest BCUT2D eigenvalue weighted by Crippen LogP contribution is 2.33. The molecule has 0 bridgehead atoms. The fourth-order valence-corrected chi connectivity index (χ4v) is 5.40. The van der Waals surface area contributed by atoms with Gasteiger partial charge in [0.1, 0.15) is 27.9 Å². The highest BCUT2D eigenvalue weighted by atomic mass is 79.9. The highest BCUT2D eigenvalue weighted by molar-refractivity contribution is 9.10. The predicted octanol–water partition coefficient (Wildman–Crippen LogP) is 6.57. The van der Waals surface area contributed by atoms with Crippen LogP contribution in [0.5, 0.6) is 23.0 Å². The van der Waals surface area contributed by atoms with Crippen molar-refractivity contribution in [2.45, 2.75) is 17.9 Å². The van der Waals surface area contributed by atoms with E-state index in [0.717, 1.165) is 4.47 Å². The maximum absolute atomic E-state index is 13.6. The minimum atomic E-state index is -4.13. The summed E-state index contributed by atoms with van der Waals surface area (Å²) in [6.45, 7) is -0.0592. The Bertz CT molecular complexity index is 1610. The lowest BCUT2D eigenvalue weighted by molar-refractivity contribution is -0.115. The zero-order chi connectivity index (χ0) is 28.7. The molecule has 1 amide bonds. The molecule has 0 heterocycles. The van der Waals surface area contributed by atoms with Crippen LogP contribution in [0.15, 0.2) is 94.3 Å². The number of rotatable bonds is 11. The largest absolute Gasteiger partial charge is 0.497 e. The van der Waals surface area contributed by atoms with Crippen LogP contribution in [0, 0.1) is 0 Å². The van der Waals surface area contributed by atoms with E-state index in [9.17, 15) is 13.2 Å². The number of hydrogen-bond donors (Lipinski definition) is 2. The number of amides is 1. The van der Waals surface area contributed by atoms with Crippen molar-refractivity contribution >= 4 is 49.1 Å². The lowest BCUT2D eigenvalue weighted by Gasteiger charge is -2.16. The number of anilines is 1. The third-order valence-corrected chi connectivity index (χ3v) is 8.13. The van der Waals surface area contributed by atoms with E-state index in [0.29, 0.717) is 33.4 Å². The van der Waals surface area contributed by atoms with Gasteiger partial charge in [0.25, 0.3) is 0 Å². The fourth-order valence-electron chi connectivity index (χ4n) is 3.78. The molecule has 0 aromatic heterocycles. The number of benzene rings is 4. The van der Waals surface area contributed by atoms with Gasteiger partial charge in [-0.25, -0.2) is 13.1 Å². The summed E-state index contributed by atoms with van der Waals surface area (Å²) in [7, 11) is -1.10. The molecular formula is C29H26BrClN2O6S. The number of hydrogen-bond acceptors (Lipinski definition) is 6. The molecule has 0 radical (unpaired) electrons. The first kappa shape index (κ1) is 29.4.